The van der Waals surface area contributed by atoms with E-state index in [-0.39, 0.29) is 15.6 Å². The molecule has 0 aliphatic rings. The zero-order valence-electron chi connectivity index (χ0n) is 13.6. The summed E-state index contributed by atoms with van der Waals surface area (Å²) in [5, 5.41) is 4.07. The number of anilines is 1. The second-order valence-corrected chi connectivity index (χ2v) is 8.83. The van der Waals surface area contributed by atoms with Crippen LogP contribution in [0.25, 0.3) is 10.6 Å². The van der Waals surface area contributed by atoms with Crippen LogP contribution < -0.4 is 4.72 Å². The normalized spacial score (nSPS) is 11.7. The molecule has 2 heterocycles. The first kappa shape index (κ1) is 17.9. The van der Waals surface area contributed by atoms with Gasteiger partial charge in [-0.2, -0.15) is 0 Å². The Morgan fingerprint density at radius 3 is 2.56 bits per heavy atom. The van der Waals surface area contributed by atoms with Crippen molar-refractivity contribution in [3.05, 3.63) is 51.2 Å². The topological polar surface area (TPSA) is 72.2 Å². The van der Waals surface area contributed by atoms with Crippen LogP contribution in [-0.4, -0.2) is 13.6 Å². The van der Waals surface area contributed by atoms with Gasteiger partial charge in [0, 0.05) is 15.5 Å². The van der Waals surface area contributed by atoms with Crippen molar-refractivity contribution >= 4 is 38.6 Å². The Morgan fingerprint density at radius 2 is 1.96 bits per heavy atom. The van der Waals surface area contributed by atoms with Gasteiger partial charge in [-0.25, -0.2) is 12.8 Å². The Labute approximate surface area is 153 Å². The first-order valence-electron chi connectivity index (χ1n) is 7.20. The highest BCUT2D eigenvalue weighted by molar-refractivity contribution is 7.93. The predicted molar refractivity (Wildman–Crippen MR) is 96.2 cm³/mol. The van der Waals surface area contributed by atoms with E-state index in [0.717, 1.165) is 17.3 Å². The average molecular weight is 401 g/mol. The number of hydrogen-bond donors (Lipinski definition) is 1. The number of nitrogens with one attached hydrogen (secondary N) is 1. The lowest BCUT2D eigenvalue weighted by molar-refractivity contribution is 0.427. The monoisotopic (exact) mass is 400 g/mol. The summed E-state index contributed by atoms with van der Waals surface area (Å²) >= 11 is 6.96. The van der Waals surface area contributed by atoms with Crippen molar-refractivity contribution in [2.24, 2.45) is 0 Å². The van der Waals surface area contributed by atoms with E-state index in [1.54, 1.807) is 6.92 Å². The molecule has 0 bridgehead atoms. The summed E-state index contributed by atoms with van der Waals surface area (Å²) in [6, 6.07) is 5.24. The van der Waals surface area contributed by atoms with Crippen molar-refractivity contribution in [2.45, 2.75) is 25.7 Å². The van der Waals surface area contributed by atoms with E-state index in [1.807, 2.05) is 13.8 Å². The Bertz CT molecular complexity index is 1060. The highest BCUT2D eigenvalue weighted by atomic mass is 35.5. The molecule has 0 fully saturated rings. The fraction of sp³-hybridized carbons (Fsp3) is 0.188. The zero-order valence-corrected chi connectivity index (χ0v) is 15.9. The molecule has 0 amide bonds. The predicted octanol–water partition coefficient (Wildman–Crippen LogP) is 4.92. The molecule has 0 atom stereocenters. The molecule has 9 heteroatoms. The van der Waals surface area contributed by atoms with E-state index < -0.39 is 15.8 Å². The summed E-state index contributed by atoms with van der Waals surface area (Å²) in [4.78, 5) is 1.27. The molecule has 1 N–H and O–H groups in total. The van der Waals surface area contributed by atoms with Gasteiger partial charge >= 0.3 is 0 Å². The van der Waals surface area contributed by atoms with Crippen LogP contribution in [0.15, 0.2) is 33.7 Å². The number of aromatic nitrogens is 1. The number of rotatable bonds is 4. The largest absolute Gasteiger partial charge is 0.355 e. The maximum absolute atomic E-state index is 13.9. The summed E-state index contributed by atoms with van der Waals surface area (Å²) in [6.45, 7) is 5.34. The van der Waals surface area contributed by atoms with Crippen LogP contribution >= 0.6 is 22.9 Å². The third kappa shape index (κ3) is 3.42. The maximum atomic E-state index is 13.9. The van der Waals surface area contributed by atoms with Gasteiger partial charge in [-0.05, 0) is 45.0 Å². The number of sulfonamides is 1. The quantitative estimate of drug-likeness (QED) is 0.674. The molecule has 0 aliphatic heterocycles. The van der Waals surface area contributed by atoms with E-state index in [0.29, 0.717) is 15.5 Å². The number of thiophene rings is 1. The smallest absolute Gasteiger partial charge is 0.263 e. The number of hydrogen-bond acceptors (Lipinski definition) is 5. The van der Waals surface area contributed by atoms with Crippen molar-refractivity contribution in [3.63, 3.8) is 0 Å². The van der Waals surface area contributed by atoms with Crippen LogP contribution in [0.3, 0.4) is 0 Å². The Morgan fingerprint density at radius 1 is 1.24 bits per heavy atom. The molecule has 0 spiro atoms. The van der Waals surface area contributed by atoms with Gasteiger partial charge in [0.05, 0.1) is 16.3 Å². The standard InChI is InChI=1S/C16H14ClFN2O3S2/c1-8-9(2)19-23-16(8)14-7-15(10(3)24-14)25(21,22)20-13-5-4-11(17)6-12(13)18/h4-7,20H,1-3H3. The molecule has 3 aromatic rings. The molecule has 2 aromatic heterocycles. The third-order valence-electron chi connectivity index (χ3n) is 3.72. The molecule has 0 unspecified atom stereocenters. The molecule has 25 heavy (non-hydrogen) atoms. The summed E-state index contributed by atoms with van der Waals surface area (Å²) in [5.74, 6) is -0.212. The second-order valence-electron chi connectivity index (χ2n) is 5.48. The minimum Gasteiger partial charge on any atom is -0.355 e. The molecule has 3 rings (SSSR count). The molecule has 1 aromatic carbocycles. The number of nitrogens with zero attached hydrogens (tertiary/aromatic N) is 1. The van der Waals surface area contributed by atoms with E-state index in [1.165, 1.54) is 29.5 Å². The minimum atomic E-state index is -3.96. The van der Waals surface area contributed by atoms with Crippen molar-refractivity contribution in [3.8, 4) is 10.6 Å². The van der Waals surface area contributed by atoms with Gasteiger partial charge in [0.15, 0.2) is 5.76 Å². The second kappa shape index (κ2) is 6.44. The van der Waals surface area contributed by atoms with Gasteiger partial charge in [0.25, 0.3) is 10.0 Å². The summed E-state index contributed by atoms with van der Waals surface area (Å²) in [5.41, 5.74) is 1.43. The van der Waals surface area contributed by atoms with Gasteiger partial charge in [0.2, 0.25) is 0 Å². The molecule has 0 aliphatic carbocycles. The fourth-order valence-corrected chi connectivity index (χ4v) is 5.11. The van der Waals surface area contributed by atoms with Crippen LogP contribution in [-0.2, 0) is 10.0 Å². The van der Waals surface area contributed by atoms with Crippen molar-refractivity contribution in [1.29, 1.82) is 0 Å². The zero-order chi connectivity index (χ0) is 18.4. The minimum absolute atomic E-state index is 0.0651. The molecular formula is C16H14ClFN2O3S2. The van der Waals surface area contributed by atoms with E-state index in [9.17, 15) is 12.8 Å². The fourth-order valence-electron chi connectivity index (χ4n) is 2.26. The van der Waals surface area contributed by atoms with E-state index in [2.05, 4.69) is 9.88 Å². The third-order valence-corrected chi connectivity index (χ3v) is 6.62. The summed E-state index contributed by atoms with van der Waals surface area (Å²) in [7, 11) is -3.96. The van der Waals surface area contributed by atoms with Crippen molar-refractivity contribution in [1.82, 2.24) is 5.16 Å². The van der Waals surface area contributed by atoms with Gasteiger partial charge in [-0.3, -0.25) is 4.72 Å². The molecular weight excluding hydrogens is 387 g/mol. The van der Waals surface area contributed by atoms with E-state index >= 15 is 0 Å². The van der Waals surface area contributed by atoms with Crippen LogP contribution in [0.2, 0.25) is 5.02 Å². The lowest BCUT2D eigenvalue weighted by atomic mass is 10.2. The first-order valence-corrected chi connectivity index (χ1v) is 9.88. The van der Waals surface area contributed by atoms with Crippen LogP contribution in [0.5, 0.6) is 0 Å². The molecule has 0 saturated carbocycles. The summed E-state index contributed by atoms with van der Waals surface area (Å²) < 4.78 is 46.7. The van der Waals surface area contributed by atoms with Crippen LogP contribution in [0.1, 0.15) is 16.1 Å². The van der Waals surface area contributed by atoms with Gasteiger partial charge in [-0.15, -0.1) is 11.3 Å². The molecule has 132 valence electrons. The number of halogens is 2. The number of benzene rings is 1. The SMILES string of the molecule is Cc1noc(-c2cc(S(=O)(=O)Nc3ccc(Cl)cc3F)c(C)s2)c1C. The van der Waals surface area contributed by atoms with Gasteiger partial charge in [-0.1, -0.05) is 16.8 Å². The average Bonchev–Trinajstić information content (AvgIpc) is 3.06. The highest BCUT2D eigenvalue weighted by Gasteiger charge is 2.24. The van der Waals surface area contributed by atoms with Crippen LogP contribution in [0.4, 0.5) is 10.1 Å². The van der Waals surface area contributed by atoms with Gasteiger partial charge < -0.3 is 4.52 Å². The lowest BCUT2D eigenvalue weighted by Gasteiger charge is -2.08. The van der Waals surface area contributed by atoms with E-state index in [4.69, 9.17) is 16.1 Å². The van der Waals surface area contributed by atoms with Crippen molar-refractivity contribution in [2.75, 3.05) is 4.72 Å². The Hall–Kier alpha value is -1.90. The molecule has 5 nitrogen and oxygen atoms in total. The number of aryl methyl sites for hydroxylation is 2. The summed E-state index contributed by atoms with van der Waals surface area (Å²) in [6.07, 6.45) is 0. The maximum Gasteiger partial charge on any atom is 0.263 e. The highest BCUT2D eigenvalue weighted by Crippen LogP contribution is 2.36. The molecule has 0 saturated heterocycles. The lowest BCUT2D eigenvalue weighted by Crippen LogP contribution is -2.14. The van der Waals surface area contributed by atoms with Gasteiger partial charge in [0.1, 0.15) is 10.7 Å². The van der Waals surface area contributed by atoms with Crippen molar-refractivity contribution < 1.29 is 17.3 Å². The first-order chi connectivity index (χ1) is 11.7. The van der Waals surface area contributed by atoms with Crippen LogP contribution in [0, 0.1) is 26.6 Å². The Balaban J connectivity index is 1.99. The molecule has 0 radical (unpaired) electrons. The Kier molecular flexibility index (Phi) is 4.61.